The van der Waals surface area contributed by atoms with Gasteiger partial charge in [-0.3, -0.25) is 0 Å². The van der Waals surface area contributed by atoms with E-state index in [1.165, 1.54) is 18.4 Å². The maximum Gasteiger partial charge on any atom is 0.120 e. The van der Waals surface area contributed by atoms with Crippen molar-refractivity contribution < 1.29 is 4.74 Å². The van der Waals surface area contributed by atoms with E-state index < -0.39 is 0 Å². The molecule has 0 bridgehead atoms. The zero-order valence-corrected chi connectivity index (χ0v) is 9.10. The summed E-state index contributed by atoms with van der Waals surface area (Å²) in [4.78, 5) is 0.977. The summed E-state index contributed by atoms with van der Waals surface area (Å²) in [6.07, 6.45) is 3.56. The van der Waals surface area contributed by atoms with Gasteiger partial charge in [-0.1, -0.05) is 13.3 Å². The first-order chi connectivity index (χ1) is 6.26. The van der Waals surface area contributed by atoms with Gasteiger partial charge in [-0.15, -0.1) is 12.6 Å². The number of benzene rings is 1. The van der Waals surface area contributed by atoms with Crippen LogP contribution in [0, 0.1) is 0 Å². The first kappa shape index (κ1) is 10.5. The number of methoxy groups -OCH3 is 1. The minimum absolute atomic E-state index is 0.901. The van der Waals surface area contributed by atoms with E-state index in [-0.39, 0.29) is 0 Å². The first-order valence-corrected chi connectivity index (χ1v) is 5.08. The zero-order chi connectivity index (χ0) is 9.68. The lowest BCUT2D eigenvalue weighted by atomic mass is 10.1. The van der Waals surface area contributed by atoms with Crippen LogP contribution in [0.4, 0.5) is 0 Å². The molecule has 0 amide bonds. The molecule has 0 unspecified atom stereocenters. The predicted octanol–water partition coefficient (Wildman–Crippen LogP) is 3.33. The lowest BCUT2D eigenvalue weighted by molar-refractivity contribution is 0.413. The summed E-state index contributed by atoms with van der Waals surface area (Å²) in [6, 6.07) is 6.11. The highest BCUT2D eigenvalue weighted by Crippen LogP contribution is 2.20. The van der Waals surface area contributed by atoms with Crippen LogP contribution in [0.5, 0.6) is 5.75 Å². The van der Waals surface area contributed by atoms with Gasteiger partial charge in [-0.2, -0.15) is 0 Å². The summed E-state index contributed by atoms with van der Waals surface area (Å²) in [6.45, 7) is 2.20. The molecule has 0 saturated heterocycles. The SMILES string of the molecule is CCCCc1cc(S)cc(OC)c1. The standard InChI is InChI=1S/C11H16OS/c1-3-4-5-9-6-10(12-2)8-11(13)7-9/h6-8,13H,3-5H2,1-2H3. The van der Waals surface area contributed by atoms with Crippen molar-refractivity contribution in [3.63, 3.8) is 0 Å². The van der Waals surface area contributed by atoms with Gasteiger partial charge in [0.05, 0.1) is 7.11 Å². The van der Waals surface area contributed by atoms with Crippen molar-refractivity contribution >= 4 is 12.6 Å². The van der Waals surface area contributed by atoms with Crippen molar-refractivity contribution in [2.45, 2.75) is 31.1 Å². The average molecular weight is 196 g/mol. The van der Waals surface area contributed by atoms with Gasteiger partial charge >= 0.3 is 0 Å². The van der Waals surface area contributed by atoms with Crippen LogP contribution in [-0.4, -0.2) is 7.11 Å². The number of ether oxygens (including phenoxy) is 1. The molecule has 0 aromatic heterocycles. The Labute approximate surface area is 85.5 Å². The molecule has 13 heavy (non-hydrogen) atoms. The average Bonchev–Trinajstić information content (AvgIpc) is 2.14. The maximum absolute atomic E-state index is 5.17. The van der Waals surface area contributed by atoms with Crippen molar-refractivity contribution in [1.29, 1.82) is 0 Å². The lowest BCUT2D eigenvalue weighted by Gasteiger charge is -2.05. The van der Waals surface area contributed by atoms with Gasteiger partial charge < -0.3 is 4.74 Å². The summed E-state index contributed by atoms with van der Waals surface area (Å²) < 4.78 is 5.17. The number of unbranched alkanes of at least 4 members (excludes halogenated alkanes) is 1. The molecule has 1 rings (SSSR count). The molecule has 1 aromatic carbocycles. The van der Waals surface area contributed by atoms with Crippen LogP contribution < -0.4 is 4.74 Å². The van der Waals surface area contributed by atoms with Crippen LogP contribution >= 0.6 is 12.6 Å². The van der Waals surface area contributed by atoms with Crippen LogP contribution in [0.25, 0.3) is 0 Å². The van der Waals surface area contributed by atoms with E-state index in [2.05, 4.69) is 31.7 Å². The van der Waals surface area contributed by atoms with Crippen molar-refractivity contribution in [2.24, 2.45) is 0 Å². The molecule has 72 valence electrons. The van der Waals surface area contributed by atoms with Crippen LogP contribution in [0.3, 0.4) is 0 Å². The summed E-state index contributed by atoms with van der Waals surface area (Å²) in [7, 11) is 1.69. The van der Waals surface area contributed by atoms with Gasteiger partial charge in [-0.05, 0) is 36.6 Å². The second-order valence-corrected chi connectivity index (χ2v) is 3.66. The Balaban J connectivity index is 2.76. The van der Waals surface area contributed by atoms with Crippen LogP contribution in [0.15, 0.2) is 23.1 Å². The van der Waals surface area contributed by atoms with Crippen molar-refractivity contribution in [3.8, 4) is 5.75 Å². The van der Waals surface area contributed by atoms with Crippen molar-refractivity contribution in [3.05, 3.63) is 23.8 Å². The van der Waals surface area contributed by atoms with Gasteiger partial charge in [0, 0.05) is 4.90 Å². The summed E-state index contributed by atoms with van der Waals surface area (Å²) in [5, 5.41) is 0. The molecule has 0 aliphatic heterocycles. The highest BCUT2D eigenvalue weighted by atomic mass is 32.1. The largest absolute Gasteiger partial charge is 0.497 e. The normalized spacial score (nSPS) is 10.1. The second-order valence-electron chi connectivity index (χ2n) is 3.14. The maximum atomic E-state index is 5.17. The quantitative estimate of drug-likeness (QED) is 0.727. The highest BCUT2D eigenvalue weighted by Gasteiger charge is 1.98. The Morgan fingerprint density at radius 1 is 1.31 bits per heavy atom. The van der Waals surface area contributed by atoms with E-state index in [0.29, 0.717) is 0 Å². The summed E-state index contributed by atoms with van der Waals surface area (Å²) >= 11 is 4.32. The highest BCUT2D eigenvalue weighted by molar-refractivity contribution is 7.80. The smallest absolute Gasteiger partial charge is 0.120 e. The number of hydrogen-bond donors (Lipinski definition) is 1. The Hall–Kier alpha value is -0.630. The topological polar surface area (TPSA) is 9.23 Å². The molecule has 0 aliphatic rings. The molecule has 0 heterocycles. The van der Waals surface area contributed by atoms with E-state index in [9.17, 15) is 0 Å². The number of rotatable bonds is 4. The molecule has 0 N–H and O–H groups in total. The van der Waals surface area contributed by atoms with E-state index in [1.807, 2.05) is 6.07 Å². The lowest BCUT2D eigenvalue weighted by Crippen LogP contribution is -1.88. The number of hydrogen-bond acceptors (Lipinski definition) is 2. The molecule has 0 aliphatic carbocycles. The number of thiol groups is 1. The Kier molecular flexibility index (Phi) is 4.16. The van der Waals surface area contributed by atoms with Crippen LogP contribution in [-0.2, 0) is 6.42 Å². The fourth-order valence-electron chi connectivity index (χ4n) is 1.29. The van der Waals surface area contributed by atoms with Gasteiger partial charge in [0.1, 0.15) is 5.75 Å². The molecular weight excluding hydrogens is 180 g/mol. The molecule has 0 fully saturated rings. The number of aryl methyl sites for hydroxylation is 1. The fourth-order valence-corrected chi connectivity index (χ4v) is 1.58. The molecule has 2 heteroatoms. The minimum Gasteiger partial charge on any atom is -0.497 e. The zero-order valence-electron chi connectivity index (χ0n) is 8.21. The Morgan fingerprint density at radius 2 is 2.08 bits per heavy atom. The molecule has 0 radical (unpaired) electrons. The molecule has 1 aromatic rings. The molecule has 1 nitrogen and oxygen atoms in total. The molecule has 0 saturated carbocycles. The first-order valence-electron chi connectivity index (χ1n) is 4.63. The van der Waals surface area contributed by atoms with Gasteiger partial charge in [0.25, 0.3) is 0 Å². The van der Waals surface area contributed by atoms with E-state index in [1.54, 1.807) is 7.11 Å². The molecule has 0 spiro atoms. The second kappa shape index (κ2) is 5.18. The minimum atomic E-state index is 0.901. The third-order valence-corrected chi connectivity index (χ3v) is 2.26. The Morgan fingerprint density at radius 3 is 2.69 bits per heavy atom. The van der Waals surface area contributed by atoms with Gasteiger partial charge in [-0.25, -0.2) is 0 Å². The monoisotopic (exact) mass is 196 g/mol. The van der Waals surface area contributed by atoms with Crippen LogP contribution in [0.1, 0.15) is 25.3 Å². The third kappa shape index (κ3) is 3.31. The van der Waals surface area contributed by atoms with Crippen molar-refractivity contribution in [2.75, 3.05) is 7.11 Å². The summed E-state index contributed by atoms with van der Waals surface area (Å²) in [5.41, 5.74) is 1.31. The van der Waals surface area contributed by atoms with Crippen LogP contribution in [0.2, 0.25) is 0 Å². The van der Waals surface area contributed by atoms with E-state index in [4.69, 9.17) is 4.74 Å². The predicted molar refractivity (Wildman–Crippen MR) is 58.9 cm³/mol. The molecular formula is C11H16OS. The fraction of sp³-hybridized carbons (Fsp3) is 0.455. The molecule has 0 atom stereocenters. The Bertz CT molecular complexity index is 271. The van der Waals surface area contributed by atoms with Gasteiger partial charge in [0.15, 0.2) is 0 Å². The summed E-state index contributed by atoms with van der Waals surface area (Å²) in [5.74, 6) is 0.901. The van der Waals surface area contributed by atoms with E-state index >= 15 is 0 Å². The van der Waals surface area contributed by atoms with Crippen molar-refractivity contribution in [1.82, 2.24) is 0 Å². The van der Waals surface area contributed by atoms with E-state index in [0.717, 1.165) is 17.1 Å². The third-order valence-electron chi connectivity index (χ3n) is 2.01. The van der Waals surface area contributed by atoms with Gasteiger partial charge in [0.2, 0.25) is 0 Å².